The standard InChI is InChI=1S/C11H17N5O/c1-2-8-10(12)14-6-15-11(8)16-7-3-4-9(17)13-5-7/h6-7H,2-5H2,1H3,(H,13,17)(H3,12,14,15,16). The van der Waals surface area contributed by atoms with Gasteiger partial charge in [-0.2, -0.15) is 0 Å². The smallest absolute Gasteiger partial charge is 0.220 e. The van der Waals surface area contributed by atoms with Crippen LogP contribution in [-0.4, -0.2) is 28.5 Å². The molecule has 1 unspecified atom stereocenters. The summed E-state index contributed by atoms with van der Waals surface area (Å²) in [6.45, 7) is 2.65. The number of nitrogens with one attached hydrogen (secondary N) is 2. The van der Waals surface area contributed by atoms with Gasteiger partial charge < -0.3 is 16.4 Å². The van der Waals surface area contributed by atoms with E-state index in [4.69, 9.17) is 5.73 Å². The summed E-state index contributed by atoms with van der Waals surface area (Å²) in [7, 11) is 0. The summed E-state index contributed by atoms with van der Waals surface area (Å²) < 4.78 is 0. The molecule has 0 aromatic carbocycles. The summed E-state index contributed by atoms with van der Waals surface area (Å²) in [5.74, 6) is 1.41. The largest absolute Gasteiger partial charge is 0.383 e. The third-order valence-corrected chi connectivity index (χ3v) is 2.94. The summed E-state index contributed by atoms with van der Waals surface area (Å²) in [5.41, 5.74) is 6.73. The molecule has 0 saturated carbocycles. The van der Waals surface area contributed by atoms with E-state index >= 15 is 0 Å². The van der Waals surface area contributed by atoms with Gasteiger partial charge in [0.05, 0.1) is 0 Å². The normalized spacial score (nSPS) is 19.8. The van der Waals surface area contributed by atoms with Crippen LogP contribution in [0, 0.1) is 0 Å². The number of nitrogens with zero attached hydrogens (tertiary/aromatic N) is 2. The molecule has 0 bridgehead atoms. The second-order valence-electron chi connectivity index (χ2n) is 4.12. The Balaban J connectivity index is 2.08. The Morgan fingerprint density at radius 3 is 3.06 bits per heavy atom. The molecular weight excluding hydrogens is 218 g/mol. The lowest BCUT2D eigenvalue weighted by Gasteiger charge is -2.24. The number of hydrogen-bond acceptors (Lipinski definition) is 5. The lowest BCUT2D eigenvalue weighted by molar-refractivity contribution is -0.122. The number of anilines is 2. The van der Waals surface area contributed by atoms with E-state index in [0.717, 1.165) is 24.2 Å². The van der Waals surface area contributed by atoms with Crippen LogP contribution in [0.1, 0.15) is 25.3 Å². The highest BCUT2D eigenvalue weighted by atomic mass is 16.1. The molecule has 92 valence electrons. The fourth-order valence-electron chi connectivity index (χ4n) is 1.95. The third kappa shape index (κ3) is 2.64. The molecule has 1 aliphatic heterocycles. The third-order valence-electron chi connectivity index (χ3n) is 2.94. The van der Waals surface area contributed by atoms with E-state index in [0.29, 0.717) is 18.8 Å². The van der Waals surface area contributed by atoms with Crippen molar-refractivity contribution in [3.8, 4) is 0 Å². The van der Waals surface area contributed by atoms with Crippen molar-refractivity contribution in [2.45, 2.75) is 32.2 Å². The van der Waals surface area contributed by atoms with Crippen molar-refractivity contribution in [1.82, 2.24) is 15.3 Å². The average molecular weight is 235 g/mol. The van der Waals surface area contributed by atoms with Crippen LogP contribution < -0.4 is 16.4 Å². The number of carbonyl (C=O) groups is 1. The van der Waals surface area contributed by atoms with Gasteiger partial charge in [0.2, 0.25) is 5.91 Å². The van der Waals surface area contributed by atoms with Gasteiger partial charge >= 0.3 is 0 Å². The summed E-state index contributed by atoms with van der Waals surface area (Å²) >= 11 is 0. The van der Waals surface area contributed by atoms with Crippen LogP contribution >= 0.6 is 0 Å². The maximum Gasteiger partial charge on any atom is 0.220 e. The number of piperidine rings is 1. The Labute approximate surface area is 100 Å². The highest BCUT2D eigenvalue weighted by Crippen LogP contribution is 2.19. The van der Waals surface area contributed by atoms with Crippen LogP contribution in [0.4, 0.5) is 11.6 Å². The minimum Gasteiger partial charge on any atom is -0.383 e. The first-order valence-electron chi connectivity index (χ1n) is 5.83. The second-order valence-corrected chi connectivity index (χ2v) is 4.12. The zero-order valence-corrected chi connectivity index (χ0v) is 9.86. The topological polar surface area (TPSA) is 92.9 Å². The molecule has 0 aliphatic carbocycles. The molecule has 1 atom stereocenters. The second kappa shape index (κ2) is 4.99. The molecule has 1 aromatic rings. The number of carbonyl (C=O) groups excluding carboxylic acids is 1. The number of aromatic nitrogens is 2. The number of hydrogen-bond donors (Lipinski definition) is 3. The number of nitrogen functional groups attached to an aromatic ring is 1. The van der Waals surface area contributed by atoms with E-state index in [1.54, 1.807) is 0 Å². The maximum absolute atomic E-state index is 11.1. The Morgan fingerprint density at radius 1 is 1.59 bits per heavy atom. The van der Waals surface area contributed by atoms with E-state index in [1.807, 2.05) is 6.92 Å². The molecule has 6 nitrogen and oxygen atoms in total. The number of amides is 1. The van der Waals surface area contributed by atoms with E-state index in [-0.39, 0.29) is 11.9 Å². The van der Waals surface area contributed by atoms with Gasteiger partial charge in [-0.3, -0.25) is 4.79 Å². The monoisotopic (exact) mass is 235 g/mol. The lowest BCUT2D eigenvalue weighted by Crippen LogP contribution is -2.42. The zero-order valence-electron chi connectivity index (χ0n) is 9.86. The molecule has 17 heavy (non-hydrogen) atoms. The molecular formula is C11H17N5O. The molecule has 0 radical (unpaired) electrons. The molecule has 1 saturated heterocycles. The SMILES string of the molecule is CCc1c(N)ncnc1NC1CCC(=O)NC1. The summed E-state index contributed by atoms with van der Waals surface area (Å²) in [6, 6.07) is 0.215. The predicted octanol–water partition coefficient (Wildman–Crippen LogP) is 0.312. The Bertz CT molecular complexity index is 410. The zero-order chi connectivity index (χ0) is 12.3. The van der Waals surface area contributed by atoms with Gasteiger partial charge in [-0.05, 0) is 12.8 Å². The Hall–Kier alpha value is -1.85. The molecule has 1 amide bonds. The van der Waals surface area contributed by atoms with E-state index < -0.39 is 0 Å². The molecule has 2 rings (SSSR count). The first-order valence-corrected chi connectivity index (χ1v) is 5.83. The van der Waals surface area contributed by atoms with Crippen LogP contribution in [0.5, 0.6) is 0 Å². The predicted molar refractivity (Wildman–Crippen MR) is 65.5 cm³/mol. The summed E-state index contributed by atoms with van der Waals surface area (Å²) in [6.07, 6.45) is 3.62. The van der Waals surface area contributed by atoms with Gasteiger partial charge in [0.25, 0.3) is 0 Å². The van der Waals surface area contributed by atoms with Crippen molar-refractivity contribution in [3.63, 3.8) is 0 Å². The van der Waals surface area contributed by atoms with E-state index in [1.165, 1.54) is 6.33 Å². The lowest BCUT2D eigenvalue weighted by atomic mass is 10.1. The van der Waals surface area contributed by atoms with Crippen molar-refractivity contribution in [1.29, 1.82) is 0 Å². The van der Waals surface area contributed by atoms with Crippen LogP contribution in [0.3, 0.4) is 0 Å². The minimum absolute atomic E-state index is 0.112. The molecule has 1 aliphatic rings. The fraction of sp³-hybridized carbons (Fsp3) is 0.545. The van der Waals surface area contributed by atoms with Gasteiger partial charge in [-0.1, -0.05) is 6.92 Å². The summed E-state index contributed by atoms with van der Waals surface area (Å²) in [4.78, 5) is 19.2. The van der Waals surface area contributed by atoms with Gasteiger partial charge in [0, 0.05) is 24.6 Å². The maximum atomic E-state index is 11.1. The fourth-order valence-corrected chi connectivity index (χ4v) is 1.95. The number of rotatable bonds is 3. The molecule has 1 fully saturated rings. The van der Waals surface area contributed by atoms with Crippen molar-refractivity contribution < 1.29 is 4.79 Å². The molecule has 4 N–H and O–H groups in total. The quantitative estimate of drug-likeness (QED) is 0.701. The van der Waals surface area contributed by atoms with Crippen molar-refractivity contribution in [2.75, 3.05) is 17.6 Å². The molecule has 0 spiro atoms. The first kappa shape index (κ1) is 11.6. The van der Waals surface area contributed by atoms with Gasteiger partial charge in [0.15, 0.2) is 0 Å². The van der Waals surface area contributed by atoms with E-state index in [2.05, 4.69) is 20.6 Å². The highest BCUT2D eigenvalue weighted by Gasteiger charge is 2.19. The average Bonchev–Trinajstić information content (AvgIpc) is 2.32. The Morgan fingerprint density at radius 2 is 2.41 bits per heavy atom. The molecule has 6 heteroatoms. The minimum atomic E-state index is 0.112. The summed E-state index contributed by atoms with van der Waals surface area (Å²) in [5, 5.41) is 6.14. The van der Waals surface area contributed by atoms with Crippen molar-refractivity contribution >= 4 is 17.5 Å². The Kier molecular flexibility index (Phi) is 3.41. The first-order chi connectivity index (χ1) is 8.20. The molecule has 2 heterocycles. The van der Waals surface area contributed by atoms with Gasteiger partial charge in [-0.25, -0.2) is 9.97 Å². The van der Waals surface area contributed by atoms with Crippen LogP contribution in [-0.2, 0) is 11.2 Å². The van der Waals surface area contributed by atoms with Crippen molar-refractivity contribution in [3.05, 3.63) is 11.9 Å². The van der Waals surface area contributed by atoms with Gasteiger partial charge in [0.1, 0.15) is 18.0 Å². The van der Waals surface area contributed by atoms with Crippen LogP contribution in [0.25, 0.3) is 0 Å². The van der Waals surface area contributed by atoms with Crippen LogP contribution in [0.15, 0.2) is 6.33 Å². The van der Waals surface area contributed by atoms with Gasteiger partial charge in [-0.15, -0.1) is 0 Å². The molecule has 1 aromatic heterocycles. The van der Waals surface area contributed by atoms with E-state index in [9.17, 15) is 4.79 Å². The number of nitrogens with two attached hydrogens (primary N) is 1. The van der Waals surface area contributed by atoms with Crippen molar-refractivity contribution in [2.24, 2.45) is 0 Å². The van der Waals surface area contributed by atoms with Crippen LogP contribution in [0.2, 0.25) is 0 Å². The highest BCUT2D eigenvalue weighted by molar-refractivity contribution is 5.77.